The Morgan fingerprint density at radius 2 is 0.794 bits per heavy atom. The van der Waals surface area contributed by atoms with E-state index in [0.29, 0.717) is 10.0 Å². The van der Waals surface area contributed by atoms with Crippen molar-refractivity contribution < 1.29 is 19.2 Å². The molecule has 4 N–H and O–H groups in total. The van der Waals surface area contributed by atoms with Crippen LogP contribution in [0.3, 0.4) is 0 Å². The molecule has 4 amide bonds. The summed E-state index contributed by atoms with van der Waals surface area (Å²) >= 11 is 23.5. The first-order valence-electron chi connectivity index (χ1n) is 9.37. The third-order valence-electron chi connectivity index (χ3n) is 4.34. The smallest absolute Gasteiger partial charge is 0.267 e. The fourth-order valence-electron chi connectivity index (χ4n) is 2.63. The van der Waals surface area contributed by atoms with E-state index < -0.39 is 23.6 Å². The summed E-state index contributed by atoms with van der Waals surface area (Å²) in [4.78, 5) is 48.9. The Kier molecular flexibility index (Phi) is 8.36. The van der Waals surface area contributed by atoms with Gasteiger partial charge < -0.3 is 0 Å². The van der Waals surface area contributed by atoms with Crippen LogP contribution in [0.25, 0.3) is 0 Å². The lowest BCUT2D eigenvalue weighted by Crippen LogP contribution is -2.42. The number of benzene rings is 3. The summed E-state index contributed by atoms with van der Waals surface area (Å²) in [6, 6.07) is 14.1. The molecule has 174 valence electrons. The molecule has 0 radical (unpaired) electrons. The lowest BCUT2D eigenvalue weighted by atomic mass is 10.1. The van der Waals surface area contributed by atoms with E-state index in [1.165, 1.54) is 60.7 Å². The number of carbonyl (C=O) groups is 4. The predicted octanol–water partition coefficient (Wildman–Crippen LogP) is 4.45. The lowest BCUT2D eigenvalue weighted by Gasteiger charge is -2.10. The van der Waals surface area contributed by atoms with Gasteiger partial charge in [-0.05, 0) is 60.7 Å². The van der Waals surface area contributed by atoms with Crippen LogP contribution in [0.2, 0.25) is 20.1 Å². The number of hydrogen-bond acceptors (Lipinski definition) is 4. The molecule has 12 heteroatoms. The number of carbonyl (C=O) groups excluding carboxylic acids is 4. The van der Waals surface area contributed by atoms with Crippen LogP contribution < -0.4 is 21.7 Å². The van der Waals surface area contributed by atoms with Crippen LogP contribution >= 0.6 is 46.4 Å². The largest absolute Gasteiger partial charge is 0.271 e. The molecule has 0 aromatic heterocycles. The molecular weight excluding hydrogens is 526 g/mol. The summed E-state index contributed by atoms with van der Waals surface area (Å²) < 4.78 is 0. The van der Waals surface area contributed by atoms with Gasteiger partial charge in [0, 0.05) is 21.2 Å². The van der Waals surface area contributed by atoms with Crippen molar-refractivity contribution in [1.29, 1.82) is 0 Å². The van der Waals surface area contributed by atoms with Crippen LogP contribution in [-0.4, -0.2) is 23.6 Å². The molecule has 3 rings (SSSR count). The number of amides is 4. The first-order chi connectivity index (χ1) is 16.2. The quantitative estimate of drug-likeness (QED) is 0.366. The molecule has 0 unspecified atom stereocenters. The molecule has 0 bridgehead atoms. The predicted molar refractivity (Wildman–Crippen MR) is 129 cm³/mol. The Bertz CT molecular complexity index is 1180. The molecule has 0 spiro atoms. The highest BCUT2D eigenvalue weighted by Gasteiger charge is 2.15. The Labute approximate surface area is 213 Å². The fourth-order valence-corrected chi connectivity index (χ4v) is 3.61. The number of rotatable bonds is 4. The van der Waals surface area contributed by atoms with E-state index in [-0.39, 0.29) is 32.3 Å². The maximum absolute atomic E-state index is 12.3. The normalized spacial score (nSPS) is 10.2. The second-order valence-electron chi connectivity index (χ2n) is 6.64. The van der Waals surface area contributed by atoms with Crippen LogP contribution in [0.15, 0.2) is 60.7 Å². The van der Waals surface area contributed by atoms with Crippen LogP contribution in [0, 0.1) is 0 Å². The van der Waals surface area contributed by atoms with Crippen molar-refractivity contribution >= 4 is 70.0 Å². The summed E-state index contributed by atoms with van der Waals surface area (Å²) in [5.41, 5.74) is 9.55. The minimum atomic E-state index is -0.637. The van der Waals surface area contributed by atoms with E-state index in [9.17, 15) is 19.2 Å². The van der Waals surface area contributed by atoms with Gasteiger partial charge in [-0.2, -0.15) is 0 Å². The van der Waals surface area contributed by atoms with Crippen molar-refractivity contribution in [2.75, 3.05) is 0 Å². The van der Waals surface area contributed by atoms with E-state index in [2.05, 4.69) is 21.7 Å². The van der Waals surface area contributed by atoms with Crippen molar-refractivity contribution in [2.45, 2.75) is 0 Å². The summed E-state index contributed by atoms with van der Waals surface area (Å²) in [5.74, 6) is -2.53. The molecule has 0 heterocycles. The molecular formula is C22H14Cl4N4O4. The van der Waals surface area contributed by atoms with E-state index in [4.69, 9.17) is 46.4 Å². The zero-order chi connectivity index (χ0) is 24.8. The van der Waals surface area contributed by atoms with Gasteiger partial charge in [0.2, 0.25) is 0 Å². The molecule has 3 aromatic rings. The second-order valence-corrected chi connectivity index (χ2v) is 8.33. The van der Waals surface area contributed by atoms with Gasteiger partial charge in [-0.25, -0.2) is 0 Å². The van der Waals surface area contributed by atoms with Crippen molar-refractivity contribution in [2.24, 2.45) is 0 Å². The van der Waals surface area contributed by atoms with Gasteiger partial charge >= 0.3 is 0 Å². The molecule has 0 aliphatic heterocycles. The summed E-state index contributed by atoms with van der Waals surface area (Å²) in [5, 5.41) is 0.978. The van der Waals surface area contributed by atoms with Crippen LogP contribution in [-0.2, 0) is 0 Å². The van der Waals surface area contributed by atoms with E-state index in [1.54, 1.807) is 0 Å². The Morgan fingerprint density at radius 3 is 1.12 bits per heavy atom. The molecule has 34 heavy (non-hydrogen) atoms. The maximum Gasteiger partial charge on any atom is 0.271 e. The zero-order valence-corrected chi connectivity index (χ0v) is 19.9. The van der Waals surface area contributed by atoms with Crippen molar-refractivity contribution in [1.82, 2.24) is 21.7 Å². The van der Waals surface area contributed by atoms with Crippen molar-refractivity contribution in [3.63, 3.8) is 0 Å². The van der Waals surface area contributed by atoms with Gasteiger partial charge in [-0.15, -0.1) is 0 Å². The number of hydrogen-bond donors (Lipinski definition) is 4. The SMILES string of the molecule is O=C(NNC(=O)c1ccc(Cl)cc1Cl)c1ccc(C(=O)NNC(=O)c2ccc(Cl)cc2Cl)cc1. The standard InChI is InChI=1S/C22H14Cl4N4O4/c23-13-5-7-15(17(25)9-13)21(33)29-27-19(31)11-1-2-12(4-3-11)20(32)28-30-22(34)16-8-6-14(24)10-18(16)26/h1-10H,(H,27,31)(H,28,32)(H,29,33)(H,30,34). The average molecular weight is 540 g/mol. The van der Waals surface area contributed by atoms with Crippen LogP contribution in [0.4, 0.5) is 0 Å². The molecule has 0 aliphatic rings. The van der Waals surface area contributed by atoms with Gasteiger partial charge in [0.15, 0.2) is 0 Å². The van der Waals surface area contributed by atoms with Crippen LogP contribution in [0.5, 0.6) is 0 Å². The highest BCUT2D eigenvalue weighted by molar-refractivity contribution is 6.37. The number of nitrogens with one attached hydrogen (secondary N) is 4. The molecule has 8 nitrogen and oxygen atoms in total. The third-order valence-corrected chi connectivity index (χ3v) is 5.44. The molecule has 0 fully saturated rings. The molecule has 0 aliphatic carbocycles. The van der Waals surface area contributed by atoms with Gasteiger partial charge in [-0.3, -0.25) is 40.9 Å². The number of halogens is 4. The highest BCUT2D eigenvalue weighted by Crippen LogP contribution is 2.21. The van der Waals surface area contributed by atoms with Gasteiger partial charge in [-0.1, -0.05) is 46.4 Å². The molecule has 0 saturated carbocycles. The Morgan fingerprint density at radius 1 is 0.471 bits per heavy atom. The van der Waals surface area contributed by atoms with Crippen molar-refractivity contribution in [3.05, 3.63) is 103 Å². The lowest BCUT2D eigenvalue weighted by molar-refractivity contribution is 0.0844. The van der Waals surface area contributed by atoms with Gasteiger partial charge in [0.1, 0.15) is 0 Å². The summed E-state index contributed by atoms with van der Waals surface area (Å²) in [6.45, 7) is 0. The minimum Gasteiger partial charge on any atom is -0.267 e. The maximum atomic E-state index is 12.3. The summed E-state index contributed by atoms with van der Waals surface area (Å²) in [6.07, 6.45) is 0. The second kappa shape index (κ2) is 11.2. The number of hydrazine groups is 2. The first-order valence-corrected chi connectivity index (χ1v) is 10.9. The molecule has 0 atom stereocenters. The third kappa shape index (κ3) is 6.39. The van der Waals surface area contributed by atoms with Gasteiger partial charge in [0.25, 0.3) is 23.6 Å². The average Bonchev–Trinajstić information content (AvgIpc) is 2.80. The van der Waals surface area contributed by atoms with E-state index in [1.807, 2.05) is 0 Å². The fraction of sp³-hybridized carbons (Fsp3) is 0. The Hall–Kier alpha value is -3.30. The Balaban J connectivity index is 1.54. The van der Waals surface area contributed by atoms with E-state index >= 15 is 0 Å². The van der Waals surface area contributed by atoms with Gasteiger partial charge in [0.05, 0.1) is 21.2 Å². The minimum absolute atomic E-state index is 0.125. The zero-order valence-electron chi connectivity index (χ0n) is 16.9. The highest BCUT2D eigenvalue weighted by atomic mass is 35.5. The van der Waals surface area contributed by atoms with Crippen molar-refractivity contribution in [3.8, 4) is 0 Å². The monoisotopic (exact) mass is 538 g/mol. The first kappa shape index (κ1) is 25.3. The topological polar surface area (TPSA) is 116 Å². The molecule has 3 aromatic carbocycles. The molecule has 0 saturated heterocycles. The summed E-state index contributed by atoms with van der Waals surface area (Å²) in [7, 11) is 0. The van der Waals surface area contributed by atoms with Crippen LogP contribution in [0.1, 0.15) is 41.4 Å². The van der Waals surface area contributed by atoms with E-state index in [0.717, 1.165) is 0 Å².